The summed E-state index contributed by atoms with van der Waals surface area (Å²) < 4.78 is 6.09. The van der Waals surface area contributed by atoms with Gasteiger partial charge in [0, 0.05) is 24.4 Å². The third kappa shape index (κ3) is 6.10. The van der Waals surface area contributed by atoms with Crippen LogP contribution in [0.2, 0.25) is 0 Å². The van der Waals surface area contributed by atoms with Gasteiger partial charge in [-0.25, -0.2) is 0 Å². The number of carbonyl (C=O) groups is 2. The first-order valence-corrected chi connectivity index (χ1v) is 12.1. The van der Waals surface area contributed by atoms with Crippen molar-refractivity contribution < 1.29 is 14.3 Å². The van der Waals surface area contributed by atoms with Crippen molar-refractivity contribution in [2.45, 2.75) is 53.0 Å². The van der Waals surface area contributed by atoms with Gasteiger partial charge in [0.15, 0.2) is 0 Å². The van der Waals surface area contributed by atoms with E-state index in [0.29, 0.717) is 32.0 Å². The average molecular weight is 443 g/mol. The van der Waals surface area contributed by atoms with Crippen molar-refractivity contribution in [3.8, 4) is 5.75 Å². The normalized spacial score (nSPS) is 15.6. The van der Waals surface area contributed by atoms with Crippen LogP contribution in [0.4, 0.5) is 0 Å². The Bertz CT molecular complexity index is 875. The standard InChI is InChI=1S/C25H34N2O3S/c1-5-24(28)26(13-10-18(2)3)16-25(29)27-14-11-23-21(12-15-31-23)22(27)17-30-20-8-6-19(4)7-9-20/h6-9,12,15,18,22H,5,10-11,13-14,16-17H2,1-4H3/t22-/m0/s1. The summed E-state index contributed by atoms with van der Waals surface area (Å²) in [6.45, 7) is 10.0. The predicted molar refractivity (Wildman–Crippen MR) is 125 cm³/mol. The molecule has 0 aliphatic carbocycles. The van der Waals surface area contributed by atoms with Crippen molar-refractivity contribution in [3.05, 3.63) is 51.7 Å². The Kier molecular flexibility index (Phi) is 8.13. The number of hydrogen-bond acceptors (Lipinski definition) is 4. The molecule has 2 amide bonds. The molecular formula is C25H34N2O3S. The Morgan fingerprint density at radius 1 is 1.23 bits per heavy atom. The summed E-state index contributed by atoms with van der Waals surface area (Å²) in [5.74, 6) is 1.33. The van der Waals surface area contributed by atoms with E-state index in [1.54, 1.807) is 16.2 Å². The number of hydrogen-bond donors (Lipinski definition) is 0. The molecule has 2 heterocycles. The van der Waals surface area contributed by atoms with Gasteiger partial charge in [0.05, 0.1) is 12.6 Å². The van der Waals surface area contributed by atoms with Crippen LogP contribution >= 0.6 is 11.3 Å². The maximum absolute atomic E-state index is 13.4. The molecule has 1 aliphatic rings. The van der Waals surface area contributed by atoms with Crippen molar-refractivity contribution >= 4 is 23.2 Å². The Balaban J connectivity index is 1.74. The third-order valence-electron chi connectivity index (χ3n) is 5.80. The number of benzene rings is 1. The van der Waals surface area contributed by atoms with Crippen molar-refractivity contribution in [1.82, 2.24) is 9.80 Å². The van der Waals surface area contributed by atoms with Crippen molar-refractivity contribution in [2.24, 2.45) is 5.92 Å². The second-order valence-corrected chi connectivity index (χ2v) is 9.63. The highest BCUT2D eigenvalue weighted by molar-refractivity contribution is 7.10. The molecule has 1 aromatic heterocycles. The number of aryl methyl sites for hydroxylation is 1. The first-order chi connectivity index (χ1) is 14.9. The molecule has 0 radical (unpaired) electrons. The Morgan fingerprint density at radius 3 is 2.65 bits per heavy atom. The minimum atomic E-state index is -0.132. The molecule has 168 valence electrons. The summed E-state index contributed by atoms with van der Waals surface area (Å²) in [6, 6.07) is 9.96. The molecule has 0 fully saturated rings. The van der Waals surface area contributed by atoms with Crippen LogP contribution in [0, 0.1) is 12.8 Å². The lowest BCUT2D eigenvalue weighted by Crippen LogP contribution is -2.48. The van der Waals surface area contributed by atoms with Gasteiger partial charge in [-0.3, -0.25) is 9.59 Å². The minimum absolute atomic E-state index is 0.0000813. The van der Waals surface area contributed by atoms with E-state index in [0.717, 1.165) is 18.6 Å². The van der Waals surface area contributed by atoms with Gasteiger partial charge in [-0.1, -0.05) is 38.5 Å². The number of ether oxygens (including phenoxy) is 1. The molecular weight excluding hydrogens is 408 g/mol. The second-order valence-electron chi connectivity index (χ2n) is 8.63. The smallest absolute Gasteiger partial charge is 0.242 e. The van der Waals surface area contributed by atoms with E-state index in [2.05, 4.69) is 25.3 Å². The Morgan fingerprint density at radius 2 is 1.97 bits per heavy atom. The molecule has 5 nitrogen and oxygen atoms in total. The molecule has 0 saturated heterocycles. The summed E-state index contributed by atoms with van der Waals surface area (Å²) in [5.41, 5.74) is 2.36. The van der Waals surface area contributed by atoms with Gasteiger partial charge < -0.3 is 14.5 Å². The van der Waals surface area contributed by atoms with E-state index < -0.39 is 0 Å². The summed E-state index contributed by atoms with van der Waals surface area (Å²) in [7, 11) is 0. The van der Waals surface area contributed by atoms with Crippen LogP contribution in [0.25, 0.3) is 0 Å². The second kappa shape index (κ2) is 10.8. The first kappa shape index (κ1) is 23.3. The zero-order valence-electron chi connectivity index (χ0n) is 19.1. The summed E-state index contributed by atoms with van der Waals surface area (Å²) in [5, 5.41) is 2.09. The minimum Gasteiger partial charge on any atom is -0.491 e. The molecule has 3 rings (SSSR count). The molecule has 1 atom stereocenters. The van der Waals surface area contributed by atoms with E-state index in [1.807, 2.05) is 43.0 Å². The predicted octanol–water partition coefficient (Wildman–Crippen LogP) is 4.85. The number of fused-ring (bicyclic) bond motifs is 1. The maximum atomic E-state index is 13.4. The highest BCUT2D eigenvalue weighted by atomic mass is 32.1. The van der Waals surface area contributed by atoms with Crippen LogP contribution in [-0.4, -0.2) is 47.9 Å². The van der Waals surface area contributed by atoms with Gasteiger partial charge >= 0.3 is 0 Å². The Labute approximate surface area is 190 Å². The van der Waals surface area contributed by atoms with Gasteiger partial charge in [-0.05, 0) is 54.8 Å². The molecule has 2 aromatic rings. The molecule has 0 N–H and O–H groups in total. The van der Waals surface area contributed by atoms with E-state index >= 15 is 0 Å². The van der Waals surface area contributed by atoms with Crippen LogP contribution in [-0.2, 0) is 16.0 Å². The van der Waals surface area contributed by atoms with Crippen molar-refractivity contribution in [1.29, 1.82) is 0 Å². The SMILES string of the molecule is CCC(=O)N(CCC(C)C)CC(=O)N1CCc2sccc2[C@@H]1COc1ccc(C)cc1. The Hall–Kier alpha value is -2.34. The highest BCUT2D eigenvalue weighted by Gasteiger charge is 2.33. The van der Waals surface area contributed by atoms with Crippen LogP contribution in [0.5, 0.6) is 5.75 Å². The first-order valence-electron chi connectivity index (χ1n) is 11.2. The zero-order chi connectivity index (χ0) is 22.4. The van der Waals surface area contributed by atoms with Crippen LogP contribution < -0.4 is 4.74 Å². The number of thiophene rings is 1. The summed E-state index contributed by atoms with van der Waals surface area (Å²) in [6.07, 6.45) is 2.17. The van der Waals surface area contributed by atoms with Crippen LogP contribution in [0.1, 0.15) is 55.7 Å². The lowest BCUT2D eigenvalue weighted by molar-refractivity contribution is -0.142. The molecule has 6 heteroatoms. The highest BCUT2D eigenvalue weighted by Crippen LogP contribution is 2.34. The fraction of sp³-hybridized carbons (Fsp3) is 0.520. The van der Waals surface area contributed by atoms with Crippen molar-refractivity contribution in [2.75, 3.05) is 26.2 Å². The molecule has 1 aliphatic heterocycles. The van der Waals surface area contributed by atoms with E-state index in [9.17, 15) is 9.59 Å². The molecule has 0 saturated carbocycles. The fourth-order valence-electron chi connectivity index (χ4n) is 3.87. The largest absolute Gasteiger partial charge is 0.491 e. The van der Waals surface area contributed by atoms with Gasteiger partial charge in [-0.15, -0.1) is 11.3 Å². The van der Waals surface area contributed by atoms with E-state index in [-0.39, 0.29) is 24.4 Å². The molecule has 0 spiro atoms. The number of carbonyl (C=O) groups excluding carboxylic acids is 2. The van der Waals surface area contributed by atoms with Crippen LogP contribution in [0.15, 0.2) is 35.7 Å². The quantitative estimate of drug-likeness (QED) is 0.558. The maximum Gasteiger partial charge on any atom is 0.242 e. The van der Waals surface area contributed by atoms with E-state index in [4.69, 9.17) is 4.74 Å². The van der Waals surface area contributed by atoms with Crippen LogP contribution in [0.3, 0.4) is 0 Å². The number of amides is 2. The molecule has 1 aromatic carbocycles. The summed E-state index contributed by atoms with van der Waals surface area (Å²) in [4.78, 5) is 30.8. The average Bonchev–Trinajstić information content (AvgIpc) is 3.24. The zero-order valence-corrected chi connectivity index (χ0v) is 19.9. The summed E-state index contributed by atoms with van der Waals surface area (Å²) >= 11 is 1.74. The third-order valence-corrected chi connectivity index (χ3v) is 6.80. The number of rotatable bonds is 9. The monoisotopic (exact) mass is 442 g/mol. The molecule has 0 bridgehead atoms. The lowest BCUT2D eigenvalue weighted by atomic mass is 10.00. The van der Waals surface area contributed by atoms with Gasteiger partial charge in [-0.2, -0.15) is 0 Å². The van der Waals surface area contributed by atoms with Crippen molar-refractivity contribution in [3.63, 3.8) is 0 Å². The van der Waals surface area contributed by atoms with Gasteiger partial charge in [0.25, 0.3) is 0 Å². The fourth-order valence-corrected chi connectivity index (χ4v) is 4.80. The lowest BCUT2D eigenvalue weighted by Gasteiger charge is -2.37. The molecule has 0 unspecified atom stereocenters. The topological polar surface area (TPSA) is 49.9 Å². The van der Waals surface area contributed by atoms with Gasteiger partial charge in [0.1, 0.15) is 12.4 Å². The van der Waals surface area contributed by atoms with E-state index in [1.165, 1.54) is 16.0 Å². The molecule has 31 heavy (non-hydrogen) atoms. The number of nitrogens with zero attached hydrogens (tertiary/aromatic N) is 2. The van der Waals surface area contributed by atoms with Gasteiger partial charge in [0.2, 0.25) is 11.8 Å².